The van der Waals surface area contributed by atoms with E-state index in [1.165, 1.54) is 38.5 Å². The molecule has 140 valence electrons. The SMILES string of the molecule is C[C@@H](C(=O)NC1CCCCCC1)N(C)CC1CCN(CCO)CC1. The lowest BCUT2D eigenvalue weighted by Crippen LogP contribution is -2.49. The second-order valence-corrected chi connectivity index (χ2v) is 7.82. The number of aliphatic hydroxyl groups excluding tert-OH is 1. The predicted octanol–water partition coefficient (Wildman–Crippen LogP) is 1.85. The number of amides is 1. The maximum absolute atomic E-state index is 12.6. The number of likely N-dealkylation sites (tertiary alicyclic amines) is 1. The Bertz CT molecular complexity index is 362. The molecule has 2 N–H and O–H groups in total. The Hall–Kier alpha value is -0.650. The van der Waals surface area contributed by atoms with Crippen LogP contribution in [0.2, 0.25) is 0 Å². The van der Waals surface area contributed by atoms with Gasteiger partial charge in [0.1, 0.15) is 0 Å². The molecule has 0 bridgehead atoms. The second-order valence-electron chi connectivity index (χ2n) is 7.82. The van der Waals surface area contributed by atoms with Crippen LogP contribution in [0.1, 0.15) is 58.3 Å². The van der Waals surface area contributed by atoms with Crippen molar-refractivity contribution in [2.45, 2.75) is 70.4 Å². The Kier molecular flexibility index (Phi) is 8.50. The minimum atomic E-state index is -0.0521. The van der Waals surface area contributed by atoms with Crippen molar-refractivity contribution in [3.8, 4) is 0 Å². The standard InChI is InChI=1S/C19H37N3O2/c1-16(19(24)20-18-7-5-3-4-6-8-18)21(2)15-17-9-11-22(12-10-17)13-14-23/h16-18,23H,3-15H2,1-2H3,(H,20,24)/t16-/m0/s1. The monoisotopic (exact) mass is 339 g/mol. The summed E-state index contributed by atoms with van der Waals surface area (Å²) in [6.07, 6.45) is 9.76. The summed E-state index contributed by atoms with van der Waals surface area (Å²) in [5.41, 5.74) is 0. The average Bonchev–Trinajstić information content (AvgIpc) is 2.84. The first-order chi connectivity index (χ1) is 11.6. The van der Waals surface area contributed by atoms with Gasteiger partial charge >= 0.3 is 0 Å². The molecule has 2 aliphatic rings. The van der Waals surface area contributed by atoms with Crippen molar-refractivity contribution < 1.29 is 9.90 Å². The van der Waals surface area contributed by atoms with Crippen molar-refractivity contribution in [3.05, 3.63) is 0 Å². The van der Waals surface area contributed by atoms with E-state index < -0.39 is 0 Å². The van der Waals surface area contributed by atoms with Gasteiger partial charge in [0.2, 0.25) is 5.91 Å². The number of hydrogen-bond donors (Lipinski definition) is 2. The minimum Gasteiger partial charge on any atom is -0.395 e. The lowest BCUT2D eigenvalue weighted by Gasteiger charge is -2.35. The minimum absolute atomic E-state index is 0.0521. The number of carbonyl (C=O) groups excluding carboxylic acids is 1. The van der Waals surface area contributed by atoms with Gasteiger partial charge in [0, 0.05) is 19.1 Å². The fourth-order valence-electron chi connectivity index (χ4n) is 4.05. The van der Waals surface area contributed by atoms with Crippen LogP contribution >= 0.6 is 0 Å². The third-order valence-electron chi connectivity index (χ3n) is 5.91. The van der Waals surface area contributed by atoms with Gasteiger partial charge in [-0.05, 0) is 58.7 Å². The van der Waals surface area contributed by atoms with Crippen molar-refractivity contribution in [2.24, 2.45) is 5.92 Å². The molecule has 5 nitrogen and oxygen atoms in total. The number of nitrogens with zero attached hydrogens (tertiary/aromatic N) is 2. The summed E-state index contributed by atoms with van der Waals surface area (Å²) in [6, 6.07) is 0.335. The van der Waals surface area contributed by atoms with E-state index in [1.54, 1.807) is 0 Å². The lowest BCUT2D eigenvalue weighted by molar-refractivity contribution is -0.126. The van der Waals surface area contributed by atoms with E-state index in [2.05, 4.69) is 22.2 Å². The van der Waals surface area contributed by atoms with Crippen LogP contribution in [0.3, 0.4) is 0 Å². The molecule has 1 heterocycles. The zero-order valence-electron chi connectivity index (χ0n) is 15.7. The highest BCUT2D eigenvalue weighted by atomic mass is 16.3. The Morgan fingerprint density at radius 3 is 2.38 bits per heavy atom. The molecule has 1 aliphatic heterocycles. The third kappa shape index (κ3) is 6.34. The van der Waals surface area contributed by atoms with Gasteiger partial charge in [0.15, 0.2) is 0 Å². The van der Waals surface area contributed by atoms with E-state index in [0.29, 0.717) is 12.0 Å². The van der Waals surface area contributed by atoms with Gasteiger partial charge in [-0.15, -0.1) is 0 Å². The third-order valence-corrected chi connectivity index (χ3v) is 5.91. The zero-order valence-corrected chi connectivity index (χ0v) is 15.7. The molecule has 2 rings (SSSR count). The smallest absolute Gasteiger partial charge is 0.237 e. The molecule has 1 atom stereocenters. The highest BCUT2D eigenvalue weighted by molar-refractivity contribution is 5.81. The van der Waals surface area contributed by atoms with E-state index in [-0.39, 0.29) is 18.6 Å². The molecule has 0 spiro atoms. The summed E-state index contributed by atoms with van der Waals surface area (Å²) >= 11 is 0. The van der Waals surface area contributed by atoms with Crippen molar-refractivity contribution in [1.29, 1.82) is 0 Å². The van der Waals surface area contributed by atoms with Crippen LogP contribution in [-0.4, -0.2) is 72.7 Å². The molecule has 1 saturated carbocycles. The summed E-state index contributed by atoms with van der Waals surface area (Å²) in [7, 11) is 2.08. The van der Waals surface area contributed by atoms with Crippen LogP contribution in [0.15, 0.2) is 0 Å². The molecule has 1 saturated heterocycles. The van der Waals surface area contributed by atoms with Gasteiger partial charge in [0.25, 0.3) is 0 Å². The number of likely N-dealkylation sites (N-methyl/N-ethyl adjacent to an activating group) is 1. The second kappa shape index (κ2) is 10.4. The number of rotatable bonds is 7. The first kappa shape index (κ1) is 19.7. The van der Waals surface area contributed by atoms with E-state index in [1.807, 2.05) is 6.92 Å². The molecule has 24 heavy (non-hydrogen) atoms. The summed E-state index contributed by atoms with van der Waals surface area (Å²) in [5, 5.41) is 12.3. The Labute approximate surface area is 147 Å². The van der Waals surface area contributed by atoms with Gasteiger partial charge in [-0.1, -0.05) is 25.7 Å². The van der Waals surface area contributed by atoms with Crippen molar-refractivity contribution >= 4 is 5.91 Å². The molecule has 5 heteroatoms. The predicted molar refractivity (Wildman–Crippen MR) is 98.0 cm³/mol. The van der Waals surface area contributed by atoms with Crippen LogP contribution in [0.4, 0.5) is 0 Å². The molecule has 0 radical (unpaired) electrons. The van der Waals surface area contributed by atoms with Crippen LogP contribution in [0.25, 0.3) is 0 Å². The van der Waals surface area contributed by atoms with Crippen molar-refractivity contribution in [2.75, 3.05) is 39.8 Å². The van der Waals surface area contributed by atoms with Crippen LogP contribution in [0, 0.1) is 5.92 Å². The van der Waals surface area contributed by atoms with Crippen LogP contribution in [-0.2, 0) is 4.79 Å². The summed E-state index contributed by atoms with van der Waals surface area (Å²) in [5.74, 6) is 0.861. The summed E-state index contributed by atoms with van der Waals surface area (Å²) in [4.78, 5) is 17.1. The van der Waals surface area contributed by atoms with Gasteiger partial charge in [-0.3, -0.25) is 9.69 Å². The van der Waals surface area contributed by atoms with Gasteiger partial charge in [-0.2, -0.15) is 0 Å². The number of aliphatic hydroxyl groups is 1. The molecule has 0 aromatic carbocycles. The molecular weight excluding hydrogens is 302 g/mol. The highest BCUT2D eigenvalue weighted by Crippen LogP contribution is 2.20. The molecular formula is C19H37N3O2. The van der Waals surface area contributed by atoms with Crippen LogP contribution < -0.4 is 5.32 Å². The number of hydrogen-bond acceptors (Lipinski definition) is 4. The Morgan fingerprint density at radius 1 is 1.17 bits per heavy atom. The molecule has 0 aromatic heterocycles. The topological polar surface area (TPSA) is 55.8 Å². The number of piperidine rings is 1. The zero-order chi connectivity index (χ0) is 17.4. The largest absolute Gasteiger partial charge is 0.395 e. The van der Waals surface area contributed by atoms with Crippen molar-refractivity contribution in [3.63, 3.8) is 0 Å². The highest BCUT2D eigenvalue weighted by Gasteiger charge is 2.25. The quantitative estimate of drug-likeness (QED) is 0.695. The molecule has 1 aliphatic carbocycles. The molecule has 2 fully saturated rings. The normalized spacial score (nSPS) is 23.2. The fourth-order valence-corrected chi connectivity index (χ4v) is 4.05. The number of nitrogens with one attached hydrogen (secondary N) is 1. The molecule has 0 unspecified atom stereocenters. The summed E-state index contributed by atoms with van der Waals surface area (Å²) in [6.45, 7) is 6.22. The fraction of sp³-hybridized carbons (Fsp3) is 0.947. The average molecular weight is 340 g/mol. The number of carbonyl (C=O) groups is 1. The maximum Gasteiger partial charge on any atom is 0.237 e. The Morgan fingerprint density at radius 2 is 1.79 bits per heavy atom. The summed E-state index contributed by atoms with van der Waals surface area (Å²) < 4.78 is 0. The Balaban J connectivity index is 1.71. The van der Waals surface area contributed by atoms with Gasteiger partial charge in [-0.25, -0.2) is 0 Å². The lowest BCUT2D eigenvalue weighted by atomic mass is 9.96. The van der Waals surface area contributed by atoms with Gasteiger partial charge < -0.3 is 15.3 Å². The van der Waals surface area contributed by atoms with Crippen LogP contribution in [0.5, 0.6) is 0 Å². The first-order valence-electron chi connectivity index (χ1n) is 9.94. The van der Waals surface area contributed by atoms with Gasteiger partial charge in [0.05, 0.1) is 12.6 Å². The first-order valence-corrected chi connectivity index (χ1v) is 9.94. The van der Waals surface area contributed by atoms with E-state index in [0.717, 1.165) is 39.0 Å². The van der Waals surface area contributed by atoms with E-state index in [9.17, 15) is 4.79 Å². The van der Waals surface area contributed by atoms with Crippen molar-refractivity contribution in [1.82, 2.24) is 15.1 Å². The molecule has 0 aromatic rings. The molecule has 1 amide bonds. The van der Waals surface area contributed by atoms with E-state index in [4.69, 9.17) is 5.11 Å². The van der Waals surface area contributed by atoms with E-state index >= 15 is 0 Å². The number of β-amino-alcohol motifs (C(OH)–C–C–N with tert-alkyl or cyclic N) is 1. The maximum atomic E-state index is 12.6.